The summed E-state index contributed by atoms with van der Waals surface area (Å²) in [6.45, 7) is -0.0505. The molecular weight excluding hydrogens is 376 g/mol. The monoisotopic (exact) mass is 382 g/mol. The van der Waals surface area contributed by atoms with Crippen molar-refractivity contribution in [3.05, 3.63) is 60.7 Å². The molecule has 0 saturated heterocycles. The summed E-state index contributed by atoms with van der Waals surface area (Å²) in [4.78, 5) is 29.2. The number of rotatable bonds is 3. The van der Waals surface area contributed by atoms with Crippen molar-refractivity contribution >= 4 is 55.6 Å². The third-order valence-corrected chi connectivity index (χ3v) is 4.71. The van der Waals surface area contributed by atoms with Crippen molar-refractivity contribution in [1.82, 2.24) is 9.55 Å². The Kier molecular flexibility index (Phi) is 3.93. The molecule has 0 fully saturated rings. The number of benzene rings is 1. The van der Waals surface area contributed by atoms with E-state index in [0.717, 1.165) is 4.47 Å². The molecule has 3 rings (SSSR count). The van der Waals surface area contributed by atoms with Gasteiger partial charge in [0.15, 0.2) is 5.78 Å². The molecule has 2 heterocycles. The molecular formula is C14H8BrClN2O2S. The molecule has 0 bridgehead atoms. The average Bonchev–Trinajstić information content (AvgIpc) is 2.89. The Hall–Kier alpha value is -1.50. The van der Waals surface area contributed by atoms with Crippen LogP contribution in [-0.2, 0) is 6.54 Å². The van der Waals surface area contributed by atoms with Gasteiger partial charge in [-0.05, 0) is 30.3 Å². The molecule has 21 heavy (non-hydrogen) atoms. The number of ketones is 1. The van der Waals surface area contributed by atoms with Crippen LogP contribution in [0.4, 0.5) is 0 Å². The highest BCUT2D eigenvalue weighted by Crippen LogP contribution is 2.22. The largest absolute Gasteiger partial charge is 0.291 e. The Morgan fingerprint density at radius 1 is 1.33 bits per heavy atom. The van der Waals surface area contributed by atoms with Crippen molar-refractivity contribution in [2.45, 2.75) is 6.54 Å². The van der Waals surface area contributed by atoms with E-state index < -0.39 is 0 Å². The minimum atomic E-state index is -0.239. The topological polar surface area (TPSA) is 52.0 Å². The number of halogens is 2. The number of carbonyl (C=O) groups excluding carboxylic acids is 1. The molecule has 7 heteroatoms. The molecule has 0 radical (unpaired) electrons. The fourth-order valence-corrected chi connectivity index (χ4v) is 3.27. The molecule has 0 aliphatic carbocycles. The van der Waals surface area contributed by atoms with Crippen LogP contribution in [0.1, 0.15) is 9.67 Å². The first-order chi connectivity index (χ1) is 10.0. The van der Waals surface area contributed by atoms with E-state index in [2.05, 4.69) is 20.9 Å². The lowest BCUT2D eigenvalue weighted by Gasteiger charge is -2.05. The van der Waals surface area contributed by atoms with E-state index in [9.17, 15) is 9.59 Å². The van der Waals surface area contributed by atoms with E-state index in [4.69, 9.17) is 11.6 Å². The van der Waals surface area contributed by atoms with Crippen molar-refractivity contribution in [2.75, 3.05) is 0 Å². The van der Waals surface area contributed by atoms with Gasteiger partial charge in [0, 0.05) is 4.47 Å². The first-order valence-corrected chi connectivity index (χ1v) is 7.96. The molecule has 0 unspecified atom stereocenters. The van der Waals surface area contributed by atoms with E-state index in [1.54, 1.807) is 24.3 Å². The fourth-order valence-electron chi connectivity index (χ4n) is 1.94. The van der Waals surface area contributed by atoms with Gasteiger partial charge in [0.1, 0.15) is 0 Å². The molecule has 0 spiro atoms. The lowest BCUT2D eigenvalue weighted by Crippen LogP contribution is -2.24. The summed E-state index contributed by atoms with van der Waals surface area (Å²) < 4.78 is 2.65. The van der Waals surface area contributed by atoms with Crippen molar-refractivity contribution in [3.63, 3.8) is 0 Å². The number of fused-ring (bicyclic) bond motifs is 1. The number of aromatic nitrogens is 2. The summed E-state index contributed by atoms with van der Waals surface area (Å²) in [7, 11) is 0. The van der Waals surface area contributed by atoms with Crippen LogP contribution in [0.25, 0.3) is 10.9 Å². The number of hydrogen-bond donors (Lipinski definition) is 0. The van der Waals surface area contributed by atoms with E-state index in [1.807, 2.05) is 6.07 Å². The number of hydrogen-bond acceptors (Lipinski definition) is 4. The maximum absolute atomic E-state index is 12.4. The van der Waals surface area contributed by atoms with Gasteiger partial charge < -0.3 is 0 Å². The third kappa shape index (κ3) is 2.92. The van der Waals surface area contributed by atoms with Crippen LogP contribution in [0.5, 0.6) is 0 Å². The quantitative estimate of drug-likeness (QED) is 0.647. The van der Waals surface area contributed by atoms with Crippen molar-refractivity contribution in [1.29, 1.82) is 0 Å². The Morgan fingerprint density at radius 2 is 2.14 bits per heavy atom. The van der Waals surface area contributed by atoms with Gasteiger partial charge in [-0.25, -0.2) is 4.98 Å². The maximum atomic E-state index is 12.4. The zero-order chi connectivity index (χ0) is 15.0. The molecule has 0 aliphatic heterocycles. The molecule has 106 valence electrons. The van der Waals surface area contributed by atoms with Crippen LogP contribution in [0.15, 0.2) is 45.9 Å². The van der Waals surface area contributed by atoms with Gasteiger partial charge in [0.25, 0.3) is 5.56 Å². The van der Waals surface area contributed by atoms with Gasteiger partial charge in [0.2, 0.25) is 0 Å². The molecule has 4 nitrogen and oxygen atoms in total. The molecule has 0 aliphatic rings. The van der Waals surface area contributed by atoms with Gasteiger partial charge in [-0.15, -0.1) is 11.3 Å². The second-order valence-electron chi connectivity index (χ2n) is 4.37. The minimum Gasteiger partial charge on any atom is -0.291 e. The predicted octanol–water partition coefficient (Wildman–Crippen LogP) is 3.76. The second kappa shape index (κ2) is 5.71. The lowest BCUT2D eigenvalue weighted by atomic mass is 10.2. The number of thiophene rings is 1. The standard InChI is InChI=1S/C14H8BrClN2O2S/c15-8-1-2-10-9(5-8)14(20)18(7-17-10)6-11(19)12-3-4-13(16)21-12/h1-5,7H,6H2. The Labute approximate surface area is 137 Å². The van der Waals surface area contributed by atoms with Gasteiger partial charge in [0.05, 0.1) is 33.0 Å². The SMILES string of the molecule is O=C(Cn1cnc2ccc(Br)cc2c1=O)c1ccc(Cl)s1. The van der Waals surface area contributed by atoms with E-state index >= 15 is 0 Å². The Morgan fingerprint density at radius 3 is 2.86 bits per heavy atom. The fraction of sp³-hybridized carbons (Fsp3) is 0.0714. The maximum Gasteiger partial charge on any atom is 0.261 e. The van der Waals surface area contributed by atoms with Crippen LogP contribution < -0.4 is 5.56 Å². The van der Waals surface area contributed by atoms with Gasteiger partial charge >= 0.3 is 0 Å². The normalized spacial score (nSPS) is 11.0. The zero-order valence-corrected chi connectivity index (χ0v) is 13.7. The molecule has 0 saturated carbocycles. The first-order valence-electron chi connectivity index (χ1n) is 5.98. The summed E-state index contributed by atoms with van der Waals surface area (Å²) in [5.74, 6) is -0.162. The number of nitrogens with zero attached hydrogens (tertiary/aromatic N) is 2. The summed E-state index contributed by atoms with van der Waals surface area (Å²) in [6.07, 6.45) is 1.39. The predicted molar refractivity (Wildman–Crippen MR) is 87.4 cm³/mol. The Bertz CT molecular complexity index is 903. The molecule has 2 aromatic heterocycles. The van der Waals surface area contributed by atoms with E-state index in [1.165, 1.54) is 22.2 Å². The summed E-state index contributed by atoms with van der Waals surface area (Å²) in [5, 5.41) is 0.476. The lowest BCUT2D eigenvalue weighted by molar-refractivity contribution is 0.0974. The summed E-state index contributed by atoms with van der Waals surface area (Å²) >= 11 is 10.3. The first kappa shape index (κ1) is 14.4. The highest BCUT2D eigenvalue weighted by atomic mass is 79.9. The van der Waals surface area contributed by atoms with Crippen LogP contribution in [-0.4, -0.2) is 15.3 Å². The molecule has 0 atom stereocenters. The van der Waals surface area contributed by atoms with Crippen molar-refractivity contribution in [2.24, 2.45) is 0 Å². The minimum absolute atomic E-state index is 0.0505. The Balaban J connectivity index is 1.99. The molecule has 1 aromatic carbocycles. The number of Topliss-reactive ketones (excluding diaryl/α,β-unsaturated/α-hetero) is 1. The van der Waals surface area contributed by atoms with Crippen LogP contribution in [0, 0.1) is 0 Å². The van der Waals surface area contributed by atoms with E-state index in [-0.39, 0.29) is 17.9 Å². The number of carbonyl (C=O) groups is 1. The van der Waals surface area contributed by atoms with Gasteiger partial charge in [-0.1, -0.05) is 27.5 Å². The third-order valence-electron chi connectivity index (χ3n) is 2.95. The average molecular weight is 384 g/mol. The van der Waals surface area contributed by atoms with Crippen LogP contribution >= 0.6 is 38.9 Å². The van der Waals surface area contributed by atoms with Gasteiger partial charge in [-0.3, -0.25) is 14.2 Å². The zero-order valence-electron chi connectivity index (χ0n) is 10.5. The highest BCUT2D eigenvalue weighted by Gasteiger charge is 2.12. The summed E-state index contributed by atoms with van der Waals surface area (Å²) in [6, 6.07) is 8.60. The second-order valence-corrected chi connectivity index (χ2v) is 7.00. The van der Waals surface area contributed by atoms with E-state index in [0.29, 0.717) is 20.1 Å². The summed E-state index contributed by atoms with van der Waals surface area (Å²) in [5.41, 5.74) is 0.364. The highest BCUT2D eigenvalue weighted by molar-refractivity contribution is 9.10. The van der Waals surface area contributed by atoms with Crippen molar-refractivity contribution in [3.8, 4) is 0 Å². The van der Waals surface area contributed by atoms with Gasteiger partial charge in [-0.2, -0.15) is 0 Å². The molecule has 0 N–H and O–H groups in total. The van der Waals surface area contributed by atoms with Crippen LogP contribution in [0.2, 0.25) is 4.34 Å². The smallest absolute Gasteiger partial charge is 0.261 e. The van der Waals surface area contributed by atoms with Crippen molar-refractivity contribution < 1.29 is 4.79 Å². The molecule has 0 amide bonds. The van der Waals surface area contributed by atoms with Crippen LogP contribution in [0.3, 0.4) is 0 Å². The molecule has 3 aromatic rings.